The van der Waals surface area contributed by atoms with Crippen LogP contribution in [0.4, 0.5) is 0 Å². The standard InChI is InChI=1S/C13H20N2O/c1-11(16)14-13(15(2)3)10-9-12-7-5-4-6-8-12/h4-8,13H,9-10H2,1-3H3,(H,14,16). The predicted molar refractivity (Wildman–Crippen MR) is 66.1 cm³/mol. The summed E-state index contributed by atoms with van der Waals surface area (Å²) >= 11 is 0. The van der Waals surface area contributed by atoms with Crippen molar-refractivity contribution in [1.82, 2.24) is 10.2 Å². The number of hydrogen-bond donors (Lipinski definition) is 1. The maximum Gasteiger partial charge on any atom is 0.218 e. The number of amides is 1. The lowest BCUT2D eigenvalue weighted by molar-refractivity contribution is -0.120. The lowest BCUT2D eigenvalue weighted by Gasteiger charge is -2.24. The summed E-state index contributed by atoms with van der Waals surface area (Å²) < 4.78 is 0. The summed E-state index contributed by atoms with van der Waals surface area (Å²) in [6.45, 7) is 1.55. The Balaban J connectivity index is 2.47. The van der Waals surface area contributed by atoms with E-state index in [1.165, 1.54) is 5.56 Å². The second-order valence-corrected chi connectivity index (χ2v) is 4.20. The summed E-state index contributed by atoms with van der Waals surface area (Å²) in [5, 5.41) is 2.94. The van der Waals surface area contributed by atoms with Crippen LogP contribution in [-0.4, -0.2) is 31.1 Å². The molecule has 1 aromatic rings. The van der Waals surface area contributed by atoms with E-state index in [1.54, 1.807) is 6.92 Å². The quantitative estimate of drug-likeness (QED) is 0.765. The van der Waals surface area contributed by atoms with Crippen molar-refractivity contribution in [2.24, 2.45) is 0 Å². The fourth-order valence-corrected chi connectivity index (χ4v) is 1.64. The summed E-state index contributed by atoms with van der Waals surface area (Å²) in [4.78, 5) is 13.1. The van der Waals surface area contributed by atoms with Gasteiger partial charge in [0.1, 0.15) is 0 Å². The maximum atomic E-state index is 11.0. The number of hydrogen-bond acceptors (Lipinski definition) is 2. The first-order valence-corrected chi connectivity index (χ1v) is 5.57. The molecule has 3 heteroatoms. The second-order valence-electron chi connectivity index (χ2n) is 4.20. The van der Waals surface area contributed by atoms with Crippen molar-refractivity contribution in [1.29, 1.82) is 0 Å². The topological polar surface area (TPSA) is 32.3 Å². The molecular formula is C13H20N2O. The fourth-order valence-electron chi connectivity index (χ4n) is 1.64. The van der Waals surface area contributed by atoms with Gasteiger partial charge in [-0.15, -0.1) is 0 Å². The molecule has 0 aliphatic rings. The monoisotopic (exact) mass is 220 g/mol. The van der Waals surface area contributed by atoms with Crippen molar-refractivity contribution in [2.45, 2.75) is 25.9 Å². The normalized spacial score (nSPS) is 12.5. The van der Waals surface area contributed by atoms with E-state index in [4.69, 9.17) is 0 Å². The predicted octanol–water partition coefficient (Wildman–Crippen LogP) is 1.64. The Bertz CT molecular complexity index is 322. The average molecular weight is 220 g/mol. The third-order valence-electron chi connectivity index (χ3n) is 2.54. The molecule has 88 valence electrons. The number of aryl methyl sites for hydroxylation is 1. The smallest absolute Gasteiger partial charge is 0.218 e. The third kappa shape index (κ3) is 4.45. The van der Waals surface area contributed by atoms with Gasteiger partial charge in [-0.25, -0.2) is 0 Å². The molecule has 0 saturated carbocycles. The Morgan fingerprint density at radius 3 is 2.44 bits per heavy atom. The second kappa shape index (κ2) is 6.28. The van der Waals surface area contributed by atoms with E-state index in [2.05, 4.69) is 17.4 Å². The first-order chi connectivity index (χ1) is 7.59. The summed E-state index contributed by atoms with van der Waals surface area (Å²) in [5.74, 6) is 0.0201. The van der Waals surface area contributed by atoms with Crippen LogP contribution in [0.5, 0.6) is 0 Å². The first kappa shape index (κ1) is 12.7. The molecule has 0 radical (unpaired) electrons. The average Bonchev–Trinajstić information content (AvgIpc) is 2.25. The molecule has 1 N–H and O–H groups in total. The van der Waals surface area contributed by atoms with Gasteiger partial charge in [-0.05, 0) is 32.5 Å². The van der Waals surface area contributed by atoms with Gasteiger partial charge in [-0.1, -0.05) is 30.3 Å². The van der Waals surface area contributed by atoms with Crippen LogP contribution in [-0.2, 0) is 11.2 Å². The number of nitrogens with zero attached hydrogens (tertiary/aromatic N) is 1. The molecule has 0 aliphatic heterocycles. The van der Waals surface area contributed by atoms with Gasteiger partial charge in [-0.3, -0.25) is 9.69 Å². The molecule has 1 rings (SSSR count). The van der Waals surface area contributed by atoms with Crippen LogP contribution in [0.25, 0.3) is 0 Å². The van der Waals surface area contributed by atoms with Crippen LogP contribution in [0.3, 0.4) is 0 Å². The van der Waals surface area contributed by atoms with Gasteiger partial charge in [0.05, 0.1) is 6.17 Å². The molecule has 0 saturated heterocycles. The van der Waals surface area contributed by atoms with E-state index >= 15 is 0 Å². The minimum Gasteiger partial charge on any atom is -0.341 e. The largest absolute Gasteiger partial charge is 0.341 e. The van der Waals surface area contributed by atoms with Crippen molar-refractivity contribution in [3.63, 3.8) is 0 Å². The van der Waals surface area contributed by atoms with E-state index in [1.807, 2.05) is 37.2 Å². The first-order valence-electron chi connectivity index (χ1n) is 5.57. The Kier molecular flexibility index (Phi) is 4.99. The van der Waals surface area contributed by atoms with Gasteiger partial charge < -0.3 is 5.32 Å². The van der Waals surface area contributed by atoms with E-state index in [9.17, 15) is 4.79 Å². The molecule has 0 fully saturated rings. The molecule has 16 heavy (non-hydrogen) atoms. The van der Waals surface area contributed by atoms with E-state index in [0.717, 1.165) is 12.8 Å². The molecule has 0 heterocycles. The number of nitrogens with one attached hydrogen (secondary N) is 1. The molecule has 1 unspecified atom stereocenters. The van der Waals surface area contributed by atoms with Gasteiger partial charge in [0, 0.05) is 6.92 Å². The minimum absolute atomic E-state index is 0.0201. The highest BCUT2D eigenvalue weighted by Crippen LogP contribution is 2.06. The van der Waals surface area contributed by atoms with Crippen LogP contribution in [0.15, 0.2) is 30.3 Å². The molecule has 1 atom stereocenters. The van der Waals surface area contributed by atoms with Crippen LogP contribution in [0.1, 0.15) is 18.9 Å². The zero-order valence-electron chi connectivity index (χ0n) is 10.2. The Labute approximate surface area is 97.5 Å². The van der Waals surface area contributed by atoms with E-state index < -0.39 is 0 Å². The fraction of sp³-hybridized carbons (Fsp3) is 0.462. The number of carbonyl (C=O) groups excluding carboxylic acids is 1. The Morgan fingerprint density at radius 1 is 1.31 bits per heavy atom. The number of rotatable bonds is 5. The molecule has 0 spiro atoms. The minimum atomic E-state index is 0.0201. The van der Waals surface area contributed by atoms with Crippen LogP contribution in [0.2, 0.25) is 0 Å². The van der Waals surface area contributed by atoms with Crippen molar-refractivity contribution in [3.05, 3.63) is 35.9 Å². The highest BCUT2D eigenvalue weighted by atomic mass is 16.1. The van der Waals surface area contributed by atoms with Gasteiger partial charge >= 0.3 is 0 Å². The van der Waals surface area contributed by atoms with Gasteiger partial charge in [-0.2, -0.15) is 0 Å². The summed E-state index contributed by atoms with van der Waals surface area (Å²) in [7, 11) is 3.96. The van der Waals surface area contributed by atoms with Crippen molar-refractivity contribution in [3.8, 4) is 0 Å². The highest BCUT2D eigenvalue weighted by molar-refractivity contribution is 5.73. The highest BCUT2D eigenvalue weighted by Gasteiger charge is 2.11. The summed E-state index contributed by atoms with van der Waals surface area (Å²) in [6.07, 6.45) is 2.01. The van der Waals surface area contributed by atoms with Crippen molar-refractivity contribution < 1.29 is 4.79 Å². The molecule has 1 amide bonds. The van der Waals surface area contributed by atoms with Gasteiger partial charge in [0.2, 0.25) is 5.91 Å². The molecule has 0 bridgehead atoms. The maximum absolute atomic E-state index is 11.0. The van der Waals surface area contributed by atoms with Crippen LogP contribution in [0, 0.1) is 0 Å². The molecule has 0 aliphatic carbocycles. The molecule has 0 aromatic heterocycles. The summed E-state index contributed by atoms with van der Waals surface area (Å²) in [5.41, 5.74) is 1.31. The lowest BCUT2D eigenvalue weighted by atomic mass is 10.1. The number of benzene rings is 1. The Hall–Kier alpha value is -1.35. The van der Waals surface area contributed by atoms with Gasteiger partial charge in [0.15, 0.2) is 0 Å². The van der Waals surface area contributed by atoms with Crippen LogP contribution < -0.4 is 5.32 Å². The molecule has 3 nitrogen and oxygen atoms in total. The van der Waals surface area contributed by atoms with E-state index in [-0.39, 0.29) is 12.1 Å². The van der Waals surface area contributed by atoms with Gasteiger partial charge in [0.25, 0.3) is 0 Å². The zero-order valence-corrected chi connectivity index (χ0v) is 10.2. The van der Waals surface area contributed by atoms with E-state index in [0.29, 0.717) is 0 Å². The van der Waals surface area contributed by atoms with Crippen LogP contribution >= 0.6 is 0 Å². The summed E-state index contributed by atoms with van der Waals surface area (Å²) in [6, 6.07) is 10.3. The molecule has 1 aromatic carbocycles. The molecular weight excluding hydrogens is 200 g/mol. The van der Waals surface area contributed by atoms with Crippen molar-refractivity contribution >= 4 is 5.91 Å². The zero-order chi connectivity index (χ0) is 12.0. The Morgan fingerprint density at radius 2 is 1.94 bits per heavy atom. The van der Waals surface area contributed by atoms with Crippen molar-refractivity contribution in [2.75, 3.05) is 14.1 Å². The third-order valence-corrected chi connectivity index (χ3v) is 2.54. The SMILES string of the molecule is CC(=O)NC(CCc1ccccc1)N(C)C. The lowest BCUT2D eigenvalue weighted by Crippen LogP contribution is -2.43. The number of carbonyl (C=O) groups is 1.